The molecular formula is C29H37N3O5. The number of amides is 3. The highest BCUT2D eigenvalue weighted by Crippen LogP contribution is 2.59. The number of fused-ring (bicyclic) bond motifs is 1. The van der Waals surface area contributed by atoms with Crippen LogP contribution in [0.2, 0.25) is 0 Å². The highest BCUT2D eigenvalue weighted by molar-refractivity contribution is 6.00. The Labute approximate surface area is 218 Å². The van der Waals surface area contributed by atoms with Crippen molar-refractivity contribution in [2.45, 2.75) is 87.8 Å². The van der Waals surface area contributed by atoms with Gasteiger partial charge in [0.15, 0.2) is 0 Å². The van der Waals surface area contributed by atoms with Crippen molar-refractivity contribution in [3.05, 3.63) is 48.0 Å². The Balaban J connectivity index is 1.29. The van der Waals surface area contributed by atoms with Gasteiger partial charge in [0.25, 0.3) is 0 Å². The van der Waals surface area contributed by atoms with Crippen molar-refractivity contribution in [3.8, 4) is 0 Å². The lowest BCUT2D eigenvalue weighted by atomic mass is 9.70. The molecule has 0 aromatic heterocycles. The van der Waals surface area contributed by atoms with Gasteiger partial charge < -0.3 is 25.0 Å². The van der Waals surface area contributed by atoms with E-state index in [9.17, 15) is 14.4 Å². The fourth-order valence-corrected chi connectivity index (χ4v) is 7.25. The lowest BCUT2D eigenvalue weighted by molar-refractivity contribution is -0.146. The number of likely N-dealkylation sites (tertiary alicyclic amines) is 1. The van der Waals surface area contributed by atoms with Crippen molar-refractivity contribution in [1.82, 2.24) is 15.5 Å². The number of hydrogen-bond acceptors (Lipinski definition) is 5. The van der Waals surface area contributed by atoms with Crippen molar-refractivity contribution in [2.75, 3.05) is 13.2 Å². The number of carbonyl (C=O) groups is 3. The molecule has 4 fully saturated rings. The van der Waals surface area contributed by atoms with Gasteiger partial charge in [-0.1, -0.05) is 61.7 Å². The minimum Gasteiger partial charge on any atom is -0.376 e. The maximum atomic E-state index is 14.1. The maximum Gasteiger partial charge on any atom is 0.246 e. The summed E-state index contributed by atoms with van der Waals surface area (Å²) in [7, 11) is 0. The molecule has 0 unspecified atom stereocenters. The molecule has 1 aromatic carbocycles. The van der Waals surface area contributed by atoms with Gasteiger partial charge in [0, 0.05) is 25.7 Å². The number of benzene rings is 1. The molecule has 6 atom stereocenters. The van der Waals surface area contributed by atoms with E-state index < -0.39 is 29.1 Å². The standard InChI is InChI=1S/C29H37N3O5/c1-28-14-15-29(37-28)23(22(28)25(33)31-20-11-6-3-7-12-20)27(35)32(18-21-13-8-16-36-21)24(29)26(34)30-17-19-9-4-2-5-10-19/h2,4-5,9-10,14-15,20-24H,3,6-8,11-13,16-18H2,1H3,(H,30,34)(H,31,33)/t21-,22+,23-,24+,28+,29-/m0/s1. The summed E-state index contributed by atoms with van der Waals surface area (Å²) in [5.74, 6) is -2.00. The second kappa shape index (κ2) is 9.55. The zero-order valence-electron chi connectivity index (χ0n) is 21.5. The number of ether oxygens (including phenoxy) is 2. The summed E-state index contributed by atoms with van der Waals surface area (Å²) in [5.41, 5.74) is -1.11. The first-order valence-corrected chi connectivity index (χ1v) is 13.9. The lowest BCUT2D eigenvalue weighted by Crippen LogP contribution is -2.55. The number of hydrogen-bond donors (Lipinski definition) is 2. The summed E-state index contributed by atoms with van der Waals surface area (Å²) in [6.45, 7) is 3.21. The molecule has 1 spiro atoms. The third-order valence-electron chi connectivity index (χ3n) is 9.01. The van der Waals surface area contributed by atoms with Crippen LogP contribution in [-0.2, 0) is 30.4 Å². The summed E-state index contributed by atoms with van der Waals surface area (Å²) in [6, 6.07) is 8.98. The molecule has 0 radical (unpaired) electrons. The van der Waals surface area contributed by atoms with Gasteiger partial charge in [-0.05, 0) is 38.2 Å². The number of carbonyl (C=O) groups excluding carboxylic acids is 3. The maximum absolute atomic E-state index is 14.1. The molecule has 1 aromatic rings. The average molecular weight is 508 g/mol. The van der Waals surface area contributed by atoms with Crippen molar-refractivity contribution in [1.29, 1.82) is 0 Å². The molecule has 8 heteroatoms. The van der Waals surface area contributed by atoms with Gasteiger partial charge in [0.05, 0.1) is 23.5 Å². The molecule has 4 heterocycles. The molecule has 8 nitrogen and oxygen atoms in total. The van der Waals surface area contributed by atoms with Crippen molar-refractivity contribution >= 4 is 17.7 Å². The smallest absolute Gasteiger partial charge is 0.246 e. The molecule has 6 rings (SSSR count). The van der Waals surface area contributed by atoms with E-state index in [-0.39, 0.29) is 29.9 Å². The van der Waals surface area contributed by atoms with Crippen LogP contribution in [-0.4, -0.2) is 65.2 Å². The van der Waals surface area contributed by atoms with Gasteiger partial charge >= 0.3 is 0 Å². The van der Waals surface area contributed by atoms with E-state index in [4.69, 9.17) is 9.47 Å². The van der Waals surface area contributed by atoms with Crippen LogP contribution in [0.25, 0.3) is 0 Å². The Morgan fingerprint density at radius 3 is 2.54 bits per heavy atom. The van der Waals surface area contributed by atoms with Crippen LogP contribution in [0.3, 0.4) is 0 Å². The third-order valence-corrected chi connectivity index (χ3v) is 9.01. The Kier molecular flexibility index (Phi) is 6.35. The largest absolute Gasteiger partial charge is 0.376 e. The van der Waals surface area contributed by atoms with E-state index in [0.29, 0.717) is 19.7 Å². The van der Waals surface area contributed by atoms with E-state index in [2.05, 4.69) is 10.6 Å². The van der Waals surface area contributed by atoms with Gasteiger partial charge in [0.1, 0.15) is 11.6 Å². The molecule has 37 heavy (non-hydrogen) atoms. The van der Waals surface area contributed by atoms with Crippen LogP contribution < -0.4 is 10.6 Å². The Hall–Kier alpha value is -2.71. The van der Waals surface area contributed by atoms with E-state index in [1.165, 1.54) is 6.42 Å². The lowest BCUT2D eigenvalue weighted by Gasteiger charge is -2.34. The van der Waals surface area contributed by atoms with Crippen molar-refractivity contribution in [2.24, 2.45) is 11.8 Å². The monoisotopic (exact) mass is 507 g/mol. The summed E-state index contributed by atoms with van der Waals surface area (Å²) in [5, 5.41) is 6.27. The third kappa shape index (κ3) is 4.18. The minimum absolute atomic E-state index is 0.116. The quantitative estimate of drug-likeness (QED) is 0.553. The summed E-state index contributed by atoms with van der Waals surface area (Å²) in [4.78, 5) is 43.3. The molecule has 3 saturated heterocycles. The van der Waals surface area contributed by atoms with E-state index in [1.807, 2.05) is 49.4 Å². The normalized spacial score (nSPS) is 36.7. The van der Waals surface area contributed by atoms with Gasteiger partial charge in [0.2, 0.25) is 17.7 Å². The second-order valence-corrected chi connectivity index (χ2v) is 11.5. The molecule has 1 saturated carbocycles. The SMILES string of the molecule is C[C@]12C=C[C@]3(O1)[C@H](C(=O)N(C[C@@H]1CCCO1)[C@@H]3C(=O)NCc1ccccc1)[C@@H]2C(=O)NC1CCCCC1. The van der Waals surface area contributed by atoms with E-state index in [1.54, 1.807) is 4.90 Å². The Morgan fingerprint density at radius 1 is 1.03 bits per heavy atom. The predicted molar refractivity (Wildman–Crippen MR) is 136 cm³/mol. The van der Waals surface area contributed by atoms with Crippen LogP contribution in [0.4, 0.5) is 0 Å². The Morgan fingerprint density at radius 2 is 1.81 bits per heavy atom. The van der Waals surface area contributed by atoms with E-state index >= 15 is 0 Å². The van der Waals surface area contributed by atoms with Gasteiger partial charge in [-0.2, -0.15) is 0 Å². The van der Waals surface area contributed by atoms with Gasteiger partial charge in [-0.15, -0.1) is 0 Å². The fraction of sp³-hybridized carbons (Fsp3) is 0.621. The summed E-state index contributed by atoms with van der Waals surface area (Å²) < 4.78 is 12.5. The van der Waals surface area contributed by atoms with Gasteiger partial charge in [-0.25, -0.2) is 0 Å². The van der Waals surface area contributed by atoms with Crippen LogP contribution in [0.15, 0.2) is 42.5 Å². The summed E-state index contributed by atoms with van der Waals surface area (Å²) in [6.07, 6.45) is 10.8. The van der Waals surface area contributed by atoms with Crippen molar-refractivity contribution < 1.29 is 23.9 Å². The highest BCUT2D eigenvalue weighted by Gasteiger charge is 2.76. The first-order valence-electron chi connectivity index (χ1n) is 13.9. The highest BCUT2D eigenvalue weighted by atomic mass is 16.5. The molecule has 1 aliphatic carbocycles. The van der Waals surface area contributed by atoms with Gasteiger partial charge in [-0.3, -0.25) is 14.4 Å². The molecule has 5 aliphatic rings. The number of nitrogens with zero attached hydrogens (tertiary/aromatic N) is 1. The molecule has 2 bridgehead atoms. The number of rotatable bonds is 7. The van der Waals surface area contributed by atoms with Crippen molar-refractivity contribution in [3.63, 3.8) is 0 Å². The molecular weight excluding hydrogens is 470 g/mol. The summed E-state index contributed by atoms with van der Waals surface area (Å²) >= 11 is 0. The first kappa shape index (κ1) is 24.6. The number of nitrogens with one attached hydrogen (secondary N) is 2. The topological polar surface area (TPSA) is 97.0 Å². The van der Waals surface area contributed by atoms with E-state index in [0.717, 1.165) is 44.1 Å². The zero-order valence-corrected chi connectivity index (χ0v) is 21.5. The van der Waals surface area contributed by atoms with Crippen LogP contribution in [0, 0.1) is 11.8 Å². The van der Waals surface area contributed by atoms with Crippen LogP contribution >= 0.6 is 0 Å². The molecule has 2 N–H and O–H groups in total. The average Bonchev–Trinajstić information content (AvgIpc) is 3.64. The minimum atomic E-state index is -1.17. The molecule has 3 amide bonds. The first-order chi connectivity index (χ1) is 17.9. The fourth-order valence-electron chi connectivity index (χ4n) is 7.25. The molecule has 198 valence electrons. The zero-order chi connectivity index (χ0) is 25.6. The molecule has 4 aliphatic heterocycles. The second-order valence-electron chi connectivity index (χ2n) is 11.5. The predicted octanol–water partition coefficient (Wildman–Crippen LogP) is 2.47. The Bertz CT molecular complexity index is 1080. The van der Waals surface area contributed by atoms with Crippen LogP contribution in [0.1, 0.15) is 57.4 Å². The van der Waals surface area contributed by atoms with Crippen LogP contribution in [0.5, 0.6) is 0 Å².